The highest BCUT2D eigenvalue weighted by molar-refractivity contribution is 7.38. The Hall–Kier alpha value is -2.72. The van der Waals surface area contributed by atoms with Gasteiger partial charge in [0.2, 0.25) is 5.91 Å². The monoisotopic (exact) mass is 536 g/mol. The lowest BCUT2D eigenvalue weighted by molar-refractivity contribution is -0.127. The van der Waals surface area contributed by atoms with E-state index in [2.05, 4.69) is 47.3 Å². The summed E-state index contributed by atoms with van der Waals surface area (Å²) in [6.07, 6.45) is 5.06. The highest BCUT2D eigenvalue weighted by atomic mass is 32.1. The van der Waals surface area contributed by atoms with Gasteiger partial charge >= 0.3 is 0 Å². The molecule has 0 radical (unpaired) electrons. The van der Waals surface area contributed by atoms with Gasteiger partial charge in [-0.1, -0.05) is 55.4 Å². The zero-order valence-corrected chi connectivity index (χ0v) is 23.0. The van der Waals surface area contributed by atoms with E-state index in [0.29, 0.717) is 25.3 Å². The molecule has 0 bridgehead atoms. The first-order valence-electron chi connectivity index (χ1n) is 11.7. The van der Waals surface area contributed by atoms with Crippen molar-refractivity contribution >= 4 is 35.7 Å². The molecule has 0 aliphatic carbocycles. The third-order valence-electron chi connectivity index (χ3n) is 6.43. The molecule has 0 spiro atoms. The topological polar surface area (TPSA) is 51.0 Å². The smallest absolute Gasteiger partial charge is 0.246 e. The van der Waals surface area contributed by atoms with E-state index < -0.39 is 5.15 Å². The number of carbonyl (C=O) groups is 1. The fraction of sp³-hybridized carbons (Fsp3) is 0.222. The minimum atomic E-state index is -1.76. The molecule has 0 N–H and O–H groups in total. The Balaban J connectivity index is 1.68. The maximum atomic E-state index is 15.2. The molecule has 5 rings (SSSR count). The number of halogens is 1. The number of hydrogen-bond acceptors (Lipinski definition) is 4. The van der Waals surface area contributed by atoms with E-state index in [4.69, 9.17) is 0 Å². The molecule has 184 valence electrons. The molecule has 36 heavy (non-hydrogen) atoms. The lowest BCUT2D eigenvalue weighted by Gasteiger charge is -2.33. The Morgan fingerprint density at radius 1 is 1.22 bits per heavy atom. The van der Waals surface area contributed by atoms with Gasteiger partial charge in [-0.3, -0.25) is 14.5 Å². The van der Waals surface area contributed by atoms with Crippen LogP contribution < -0.4 is 0 Å². The van der Waals surface area contributed by atoms with Gasteiger partial charge in [0.1, 0.15) is 5.69 Å². The molecule has 1 aromatic carbocycles. The number of aryl methyl sites for hydroxylation is 1. The van der Waals surface area contributed by atoms with Crippen molar-refractivity contribution in [2.75, 3.05) is 6.54 Å². The van der Waals surface area contributed by atoms with Gasteiger partial charge < -0.3 is 4.90 Å². The van der Waals surface area contributed by atoms with E-state index in [9.17, 15) is 4.79 Å². The zero-order chi connectivity index (χ0) is 25.4. The first-order chi connectivity index (χ1) is 17.3. The van der Waals surface area contributed by atoms with Gasteiger partial charge in [0.25, 0.3) is 0 Å². The lowest BCUT2D eigenvalue weighted by Crippen LogP contribution is -2.37. The number of rotatable bonds is 6. The summed E-state index contributed by atoms with van der Waals surface area (Å²) in [7, 11) is 4.47. The predicted octanol–water partition coefficient (Wildman–Crippen LogP) is 6.18. The van der Waals surface area contributed by atoms with Crippen LogP contribution in [-0.2, 0) is 23.0 Å². The molecule has 4 heterocycles. The number of benzene rings is 1. The highest BCUT2D eigenvalue weighted by Gasteiger charge is 2.34. The number of amides is 1. The Bertz CT molecular complexity index is 1430. The summed E-state index contributed by atoms with van der Waals surface area (Å²) in [5.41, 5.74) is 5.12. The number of carbonyl (C=O) groups excluding carboxylic acids is 1. The Morgan fingerprint density at radius 2 is 2.00 bits per heavy atom. The van der Waals surface area contributed by atoms with Crippen molar-refractivity contribution < 1.29 is 9.18 Å². The molecule has 0 saturated carbocycles. The van der Waals surface area contributed by atoms with Crippen molar-refractivity contribution in [3.63, 3.8) is 0 Å². The molecule has 0 fully saturated rings. The molecule has 4 aromatic rings. The molecule has 1 amide bonds. The maximum Gasteiger partial charge on any atom is 0.246 e. The van der Waals surface area contributed by atoms with E-state index in [1.807, 2.05) is 54.4 Å². The second-order valence-electron chi connectivity index (χ2n) is 8.78. The van der Waals surface area contributed by atoms with Crippen LogP contribution in [0.3, 0.4) is 0 Å². The van der Waals surface area contributed by atoms with E-state index in [1.54, 1.807) is 22.2 Å². The number of alkyl halides is 1. The lowest BCUT2D eigenvalue weighted by atomic mass is 9.83. The van der Waals surface area contributed by atoms with E-state index in [1.165, 1.54) is 11.6 Å². The minimum Gasteiger partial charge on any atom is -0.333 e. The second kappa shape index (κ2) is 9.97. The summed E-state index contributed by atoms with van der Waals surface area (Å²) in [5.74, 6) is -0.198. The van der Waals surface area contributed by atoms with E-state index in [0.717, 1.165) is 32.1 Å². The molecule has 9 heteroatoms. The number of aromatic nitrogens is 3. The molecule has 1 aliphatic rings. The van der Waals surface area contributed by atoms with Crippen molar-refractivity contribution in [2.24, 2.45) is 0 Å². The van der Waals surface area contributed by atoms with Gasteiger partial charge in [0.05, 0.1) is 17.1 Å². The predicted molar refractivity (Wildman–Crippen MR) is 151 cm³/mol. The number of thiophene rings is 1. The van der Waals surface area contributed by atoms with Crippen LogP contribution in [0.2, 0.25) is 0 Å². The van der Waals surface area contributed by atoms with Crippen molar-refractivity contribution in [1.29, 1.82) is 0 Å². The number of hydrogen-bond donors (Lipinski definition) is 0. The molecule has 3 atom stereocenters. The molecular weight excluding hydrogens is 509 g/mol. The Labute approximate surface area is 218 Å². The zero-order valence-electron chi connectivity index (χ0n) is 19.9. The number of fused-ring (bicyclic) bond motifs is 1. The molecular formula is C27H27FN4OP2S. The average Bonchev–Trinajstić information content (AvgIpc) is 3.53. The fourth-order valence-corrected chi connectivity index (χ4v) is 6.37. The van der Waals surface area contributed by atoms with Crippen molar-refractivity contribution in [3.05, 3.63) is 95.3 Å². The maximum absolute atomic E-state index is 15.2. The van der Waals surface area contributed by atoms with Crippen LogP contribution >= 0.6 is 29.8 Å². The van der Waals surface area contributed by atoms with Crippen LogP contribution in [0.5, 0.6) is 0 Å². The van der Waals surface area contributed by atoms with Crippen molar-refractivity contribution in [2.45, 2.75) is 31.1 Å². The molecule has 5 nitrogen and oxygen atoms in total. The van der Waals surface area contributed by atoms with Crippen LogP contribution in [-0.4, -0.2) is 32.1 Å². The summed E-state index contributed by atoms with van der Waals surface area (Å²) >= 11 is 1.66. The van der Waals surface area contributed by atoms with Gasteiger partial charge in [-0.15, -0.1) is 11.3 Å². The number of nitrogens with zero attached hydrogens (tertiary/aromatic N) is 4. The van der Waals surface area contributed by atoms with Crippen molar-refractivity contribution in [3.8, 4) is 21.7 Å². The average molecular weight is 537 g/mol. The fourth-order valence-electron chi connectivity index (χ4n) is 4.73. The van der Waals surface area contributed by atoms with Gasteiger partial charge in [0, 0.05) is 41.8 Å². The summed E-state index contributed by atoms with van der Waals surface area (Å²) in [5, 5.41) is 2.76. The number of pyridine rings is 1. The third-order valence-corrected chi connectivity index (χ3v) is 8.14. The van der Waals surface area contributed by atoms with Crippen LogP contribution in [0.1, 0.15) is 34.5 Å². The van der Waals surface area contributed by atoms with Crippen molar-refractivity contribution in [1.82, 2.24) is 19.7 Å². The Morgan fingerprint density at radius 3 is 2.69 bits per heavy atom. The van der Waals surface area contributed by atoms with Gasteiger partial charge in [-0.05, 0) is 47.9 Å². The van der Waals surface area contributed by atoms with Gasteiger partial charge in [-0.2, -0.15) is 5.10 Å². The first-order valence-corrected chi connectivity index (χ1v) is 13.7. The quantitative estimate of drug-likeness (QED) is 0.218. The highest BCUT2D eigenvalue weighted by Crippen LogP contribution is 2.47. The Kier molecular flexibility index (Phi) is 6.91. The third kappa shape index (κ3) is 4.68. The van der Waals surface area contributed by atoms with E-state index in [-0.39, 0.29) is 11.8 Å². The van der Waals surface area contributed by atoms with E-state index >= 15 is 4.39 Å². The standard InChI is InChI=1S/C27H27FN4OP2S/c1-3-25(33)31-14-20(19-13-23(36-24(19)16-31)22-11-7-8-12-29-22)17-9-5-6-10-18(17)21-15-32(4-2)30-26(21)27(28,34)35/h3,5-13,15,20H,1,4,14,16,34-35H2,2H3/t20-/m0/s1. The summed E-state index contributed by atoms with van der Waals surface area (Å²) in [6.45, 7) is 7.35. The molecule has 0 saturated heterocycles. The summed E-state index contributed by atoms with van der Waals surface area (Å²) < 4.78 is 17.0. The molecule has 1 aliphatic heterocycles. The van der Waals surface area contributed by atoms with Crippen LogP contribution in [0.15, 0.2) is 73.6 Å². The van der Waals surface area contributed by atoms with Gasteiger partial charge in [0.15, 0.2) is 5.15 Å². The molecule has 2 unspecified atom stereocenters. The van der Waals surface area contributed by atoms with Crippen LogP contribution in [0, 0.1) is 0 Å². The van der Waals surface area contributed by atoms with Crippen LogP contribution in [0.4, 0.5) is 4.39 Å². The largest absolute Gasteiger partial charge is 0.333 e. The van der Waals surface area contributed by atoms with Crippen LogP contribution in [0.25, 0.3) is 21.7 Å². The van der Waals surface area contributed by atoms with Gasteiger partial charge in [-0.25, -0.2) is 4.39 Å². The minimum absolute atomic E-state index is 0.0941. The second-order valence-corrected chi connectivity index (χ2v) is 12.3. The first kappa shape index (κ1) is 25.0. The molecule has 3 aromatic heterocycles. The summed E-state index contributed by atoms with van der Waals surface area (Å²) in [6, 6.07) is 16.1. The normalized spacial score (nSPS) is 15.6. The summed E-state index contributed by atoms with van der Waals surface area (Å²) in [4.78, 5) is 21.3. The SMILES string of the molecule is C=CC(=O)N1Cc2sc(-c3ccccn3)cc2[C@H](c2ccccc2-c2cn(CC)nc2C(F)(P)P)C1.